The topological polar surface area (TPSA) is 0 Å². The van der Waals surface area contributed by atoms with Gasteiger partial charge in [0.1, 0.15) is 0 Å². The van der Waals surface area contributed by atoms with E-state index in [0.29, 0.717) is 5.56 Å². The molecule has 0 saturated heterocycles. The molecular weight excluding hydrogens is 182 g/mol. The third-order valence-electron chi connectivity index (χ3n) is 2.64. The van der Waals surface area contributed by atoms with Crippen LogP contribution < -0.4 is 0 Å². The van der Waals surface area contributed by atoms with Crippen LogP contribution in [-0.2, 0) is 0 Å². The molecule has 1 aliphatic rings. The van der Waals surface area contributed by atoms with Crippen molar-refractivity contribution < 1.29 is 8.78 Å². The Hall–Kier alpha value is -1.18. The summed E-state index contributed by atoms with van der Waals surface area (Å²) in [5, 5.41) is 0. The van der Waals surface area contributed by atoms with Crippen LogP contribution in [0, 0.1) is 11.6 Å². The molecule has 0 spiro atoms. The van der Waals surface area contributed by atoms with Crippen LogP contribution in [0.3, 0.4) is 0 Å². The van der Waals surface area contributed by atoms with Crippen molar-refractivity contribution in [3.05, 3.63) is 47.5 Å². The highest BCUT2D eigenvalue weighted by molar-refractivity contribution is 5.27. The minimum absolute atomic E-state index is 0.0550. The van der Waals surface area contributed by atoms with Gasteiger partial charge in [-0.15, -0.1) is 0 Å². The Morgan fingerprint density at radius 2 is 2.07 bits per heavy atom. The quantitative estimate of drug-likeness (QED) is 0.597. The molecule has 1 aromatic rings. The van der Waals surface area contributed by atoms with Crippen molar-refractivity contribution >= 4 is 0 Å². The molecule has 0 N–H and O–H groups in total. The van der Waals surface area contributed by atoms with Crippen LogP contribution in [-0.4, -0.2) is 0 Å². The molecule has 14 heavy (non-hydrogen) atoms. The predicted molar refractivity (Wildman–Crippen MR) is 52.1 cm³/mol. The van der Waals surface area contributed by atoms with E-state index in [1.807, 2.05) is 12.2 Å². The molecule has 1 aromatic carbocycles. The van der Waals surface area contributed by atoms with Crippen LogP contribution in [0.4, 0.5) is 8.78 Å². The Morgan fingerprint density at radius 3 is 2.79 bits per heavy atom. The lowest BCUT2D eigenvalue weighted by Gasteiger charge is -2.17. The van der Waals surface area contributed by atoms with E-state index in [1.54, 1.807) is 12.1 Å². The molecule has 0 aliphatic heterocycles. The number of hydrogen-bond donors (Lipinski definition) is 0. The van der Waals surface area contributed by atoms with Crippen molar-refractivity contribution in [1.82, 2.24) is 0 Å². The van der Waals surface area contributed by atoms with E-state index in [4.69, 9.17) is 0 Å². The van der Waals surface area contributed by atoms with E-state index in [9.17, 15) is 8.78 Å². The molecule has 0 saturated carbocycles. The molecule has 0 fully saturated rings. The van der Waals surface area contributed by atoms with Gasteiger partial charge in [0, 0.05) is 5.92 Å². The number of allylic oxidation sites excluding steroid dienone is 2. The molecule has 1 atom stereocenters. The number of halogens is 2. The predicted octanol–water partition coefficient (Wildman–Crippen LogP) is 3.79. The van der Waals surface area contributed by atoms with Crippen LogP contribution >= 0.6 is 0 Å². The Morgan fingerprint density at radius 1 is 1.21 bits per heavy atom. The second-order valence-electron chi connectivity index (χ2n) is 3.61. The third-order valence-corrected chi connectivity index (χ3v) is 2.64. The van der Waals surface area contributed by atoms with Gasteiger partial charge in [0.15, 0.2) is 11.6 Å². The zero-order chi connectivity index (χ0) is 9.97. The van der Waals surface area contributed by atoms with Gasteiger partial charge in [-0.05, 0) is 30.9 Å². The Kier molecular flexibility index (Phi) is 2.62. The molecule has 0 bridgehead atoms. The third kappa shape index (κ3) is 1.69. The van der Waals surface area contributed by atoms with E-state index in [-0.39, 0.29) is 5.92 Å². The highest BCUT2D eigenvalue weighted by Gasteiger charge is 2.16. The van der Waals surface area contributed by atoms with E-state index < -0.39 is 11.6 Å². The van der Waals surface area contributed by atoms with Crippen molar-refractivity contribution in [2.24, 2.45) is 0 Å². The van der Waals surface area contributed by atoms with Gasteiger partial charge in [0.25, 0.3) is 0 Å². The molecule has 0 heterocycles. The van der Waals surface area contributed by atoms with Crippen molar-refractivity contribution in [1.29, 1.82) is 0 Å². The lowest BCUT2D eigenvalue weighted by Crippen LogP contribution is -2.03. The fourth-order valence-corrected chi connectivity index (χ4v) is 1.88. The SMILES string of the molecule is Fc1cccc(C2C=CCCC2)c1F. The van der Waals surface area contributed by atoms with Gasteiger partial charge >= 0.3 is 0 Å². The van der Waals surface area contributed by atoms with Crippen LogP contribution in [0.15, 0.2) is 30.4 Å². The van der Waals surface area contributed by atoms with Gasteiger partial charge in [0.2, 0.25) is 0 Å². The lowest BCUT2D eigenvalue weighted by molar-refractivity contribution is 0.488. The van der Waals surface area contributed by atoms with Gasteiger partial charge in [-0.25, -0.2) is 8.78 Å². The first-order chi connectivity index (χ1) is 6.79. The fourth-order valence-electron chi connectivity index (χ4n) is 1.88. The van der Waals surface area contributed by atoms with Gasteiger partial charge in [0.05, 0.1) is 0 Å². The standard InChI is InChI=1S/C12H12F2/c13-11-8-4-7-10(12(11)14)9-5-2-1-3-6-9/h2,4-5,7-9H,1,3,6H2. The van der Waals surface area contributed by atoms with Crippen molar-refractivity contribution in [2.75, 3.05) is 0 Å². The fraction of sp³-hybridized carbons (Fsp3) is 0.333. The van der Waals surface area contributed by atoms with E-state index in [0.717, 1.165) is 25.3 Å². The molecule has 2 heteroatoms. The van der Waals surface area contributed by atoms with Gasteiger partial charge < -0.3 is 0 Å². The first kappa shape index (κ1) is 9.38. The van der Waals surface area contributed by atoms with Crippen LogP contribution in [0.1, 0.15) is 30.7 Å². The molecule has 1 unspecified atom stereocenters. The lowest BCUT2D eigenvalue weighted by atomic mass is 9.89. The summed E-state index contributed by atoms with van der Waals surface area (Å²) in [6.07, 6.45) is 7.03. The summed E-state index contributed by atoms with van der Waals surface area (Å²) >= 11 is 0. The molecule has 74 valence electrons. The number of hydrogen-bond acceptors (Lipinski definition) is 0. The summed E-state index contributed by atoms with van der Waals surface area (Å²) in [5.74, 6) is -1.38. The van der Waals surface area contributed by atoms with Crippen molar-refractivity contribution in [2.45, 2.75) is 25.2 Å². The second-order valence-corrected chi connectivity index (χ2v) is 3.61. The molecule has 0 amide bonds. The van der Waals surface area contributed by atoms with Crippen molar-refractivity contribution in [3.8, 4) is 0 Å². The number of benzene rings is 1. The zero-order valence-electron chi connectivity index (χ0n) is 7.84. The number of rotatable bonds is 1. The average Bonchev–Trinajstić information content (AvgIpc) is 2.23. The van der Waals surface area contributed by atoms with Crippen LogP contribution in [0.5, 0.6) is 0 Å². The molecule has 0 nitrogen and oxygen atoms in total. The summed E-state index contributed by atoms with van der Waals surface area (Å²) in [7, 11) is 0. The van der Waals surface area contributed by atoms with Gasteiger partial charge in [-0.1, -0.05) is 24.3 Å². The summed E-state index contributed by atoms with van der Waals surface area (Å²) in [6, 6.07) is 4.39. The summed E-state index contributed by atoms with van der Waals surface area (Å²) < 4.78 is 26.3. The second kappa shape index (κ2) is 3.91. The van der Waals surface area contributed by atoms with Gasteiger partial charge in [-0.2, -0.15) is 0 Å². The van der Waals surface area contributed by atoms with Gasteiger partial charge in [-0.3, -0.25) is 0 Å². The summed E-state index contributed by atoms with van der Waals surface area (Å²) in [6.45, 7) is 0. The van der Waals surface area contributed by atoms with E-state index >= 15 is 0 Å². The Balaban J connectivity index is 2.35. The maximum Gasteiger partial charge on any atom is 0.162 e. The average molecular weight is 194 g/mol. The largest absolute Gasteiger partial charge is 0.204 e. The van der Waals surface area contributed by atoms with Crippen molar-refractivity contribution in [3.63, 3.8) is 0 Å². The molecule has 2 rings (SSSR count). The van der Waals surface area contributed by atoms with Crippen LogP contribution in [0.2, 0.25) is 0 Å². The van der Waals surface area contributed by atoms with E-state index in [2.05, 4.69) is 0 Å². The highest BCUT2D eigenvalue weighted by atomic mass is 19.2. The maximum absolute atomic E-state index is 13.4. The minimum Gasteiger partial charge on any atom is -0.204 e. The van der Waals surface area contributed by atoms with Crippen LogP contribution in [0.25, 0.3) is 0 Å². The molecular formula is C12H12F2. The minimum atomic E-state index is -0.749. The first-order valence-corrected chi connectivity index (χ1v) is 4.89. The summed E-state index contributed by atoms with van der Waals surface area (Å²) in [4.78, 5) is 0. The first-order valence-electron chi connectivity index (χ1n) is 4.89. The molecule has 1 aliphatic carbocycles. The monoisotopic (exact) mass is 194 g/mol. The summed E-state index contributed by atoms with van der Waals surface area (Å²) in [5.41, 5.74) is 0.487. The Labute approximate surface area is 82.3 Å². The maximum atomic E-state index is 13.4. The molecule has 0 radical (unpaired) electrons. The zero-order valence-corrected chi connectivity index (χ0v) is 7.84. The Bertz CT molecular complexity index is 355. The normalized spacial score (nSPS) is 21.1. The smallest absolute Gasteiger partial charge is 0.162 e. The molecule has 0 aromatic heterocycles. The highest BCUT2D eigenvalue weighted by Crippen LogP contribution is 2.29. The van der Waals surface area contributed by atoms with E-state index in [1.165, 1.54) is 0 Å².